The number of halogens is 2. The van der Waals surface area contributed by atoms with Crippen molar-refractivity contribution in [1.29, 1.82) is 0 Å². The molecule has 0 bridgehead atoms. The van der Waals surface area contributed by atoms with Crippen molar-refractivity contribution >= 4 is 45.9 Å². The summed E-state index contributed by atoms with van der Waals surface area (Å²) in [6.07, 6.45) is 1.58. The van der Waals surface area contributed by atoms with Crippen molar-refractivity contribution in [3.63, 3.8) is 0 Å². The molecule has 0 aromatic heterocycles. The number of rotatable bonds is 3. The molecule has 3 aromatic carbocycles. The molecule has 3 rings (SSSR count). The second kappa shape index (κ2) is 6.26. The molecule has 0 heterocycles. The number of phenols is 1. The highest BCUT2D eigenvalue weighted by atomic mass is 35.5. The van der Waals surface area contributed by atoms with Crippen LogP contribution in [0.5, 0.6) is 5.75 Å². The van der Waals surface area contributed by atoms with Gasteiger partial charge in [0.2, 0.25) is 0 Å². The average Bonchev–Trinajstić information content (AvgIpc) is 2.53. The summed E-state index contributed by atoms with van der Waals surface area (Å²) in [7, 11) is 0. The van der Waals surface area contributed by atoms with E-state index in [1.54, 1.807) is 30.5 Å². The van der Waals surface area contributed by atoms with Crippen LogP contribution in [0.1, 0.15) is 5.56 Å². The van der Waals surface area contributed by atoms with E-state index in [0.29, 0.717) is 21.3 Å². The van der Waals surface area contributed by atoms with Crippen LogP contribution in [0.2, 0.25) is 10.0 Å². The lowest BCUT2D eigenvalue weighted by Crippen LogP contribution is -1.92. The van der Waals surface area contributed by atoms with Crippen LogP contribution in [0.3, 0.4) is 0 Å². The third-order valence-corrected chi connectivity index (χ3v) is 3.99. The maximum Gasteiger partial charge on any atom is 0.125 e. The molecule has 3 aromatic rings. The Morgan fingerprint density at radius 1 is 0.955 bits per heavy atom. The number of hydrazone groups is 1. The summed E-state index contributed by atoms with van der Waals surface area (Å²) in [5.74, 6) is 0.179. The minimum atomic E-state index is 0.179. The lowest BCUT2D eigenvalue weighted by atomic mass is 10.0. The fraction of sp³-hybridized carbons (Fsp3) is 0. The molecule has 0 atom stereocenters. The number of fused-ring (bicyclic) bond motifs is 1. The zero-order valence-corrected chi connectivity index (χ0v) is 12.9. The summed E-state index contributed by atoms with van der Waals surface area (Å²) in [6, 6.07) is 16.5. The van der Waals surface area contributed by atoms with Crippen molar-refractivity contribution in [2.24, 2.45) is 5.10 Å². The van der Waals surface area contributed by atoms with Crippen molar-refractivity contribution in [2.45, 2.75) is 0 Å². The molecule has 0 unspecified atom stereocenters. The van der Waals surface area contributed by atoms with Gasteiger partial charge in [-0.3, -0.25) is 5.43 Å². The second-order valence-corrected chi connectivity index (χ2v) is 5.53. The average molecular weight is 331 g/mol. The topological polar surface area (TPSA) is 44.6 Å². The molecule has 22 heavy (non-hydrogen) atoms. The number of aromatic hydroxyl groups is 1. The molecule has 0 aliphatic carbocycles. The van der Waals surface area contributed by atoms with Gasteiger partial charge in [-0.25, -0.2) is 0 Å². The lowest BCUT2D eigenvalue weighted by molar-refractivity contribution is 0.475. The van der Waals surface area contributed by atoms with Crippen molar-refractivity contribution in [3.05, 3.63) is 70.2 Å². The van der Waals surface area contributed by atoms with Gasteiger partial charge in [0, 0.05) is 5.56 Å². The van der Waals surface area contributed by atoms with Crippen molar-refractivity contribution in [3.8, 4) is 5.75 Å². The van der Waals surface area contributed by atoms with Gasteiger partial charge in [0.05, 0.1) is 21.9 Å². The molecule has 3 nitrogen and oxygen atoms in total. The van der Waals surface area contributed by atoms with Crippen LogP contribution in [0.4, 0.5) is 5.69 Å². The molecular formula is C17H12Cl2N2O. The van der Waals surface area contributed by atoms with Crippen LogP contribution in [-0.2, 0) is 0 Å². The first-order valence-electron chi connectivity index (χ1n) is 6.60. The normalized spacial score (nSPS) is 11.2. The molecule has 0 saturated heterocycles. The largest absolute Gasteiger partial charge is 0.507 e. The summed E-state index contributed by atoms with van der Waals surface area (Å²) in [5.41, 5.74) is 4.24. The Labute approximate surface area is 137 Å². The van der Waals surface area contributed by atoms with Gasteiger partial charge in [0.1, 0.15) is 5.75 Å². The van der Waals surface area contributed by atoms with E-state index >= 15 is 0 Å². The minimum absolute atomic E-state index is 0.179. The first-order chi connectivity index (χ1) is 10.6. The van der Waals surface area contributed by atoms with Crippen LogP contribution in [0.15, 0.2) is 59.7 Å². The number of hydrogen-bond acceptors (Lipinski definition) is 3. The van der Waals surface area contributed by atoms with E-state index in [1.165, 1.54) is 0 Å². The monoisotopic (exact) mass is 330 g/mol. The Kier molecular flexibility index (Phi) is 4.18. The second-order valence-electron chi connectivity index (χ2n) is 4.72. The van der Waals surface area contributed by atoms with Crippen LogP contribution >= 0.6 is 23.2 Å². The summed E-state index contributed by atoms with van der Waals surface area (Å²) in [5, 5.41) is 17.1. The minimum Gasteiger partial charge on any atom is -0.507 e. The highest BCUT2D eigenvalue weighted by Gasteiger charge is 2.04. The summed E-state index contributed by atoms with van der Waals surface area (Å²) >= 11 is 11.8. The van der Waals surface area contributed by atoms with Gasteiger partial charge in [-0.2, -0.15) is 5.10 Å². The van der Waals surface area contributed by atoms with Crippen LogP contribution in [0.25, 0.3) is 10.8 Å². The van der Waals surface area contributed by atoms with Gasteiger partial charge in [-0.1, -0.05) is 53.5 Å². The molecule has 0 spiro atoms. The Morgan fingerprint density at radius 2 is 1.77 bits per heavy atom. The van der Waals surface area contributed by atoms with Crippen LogP contribution in [0, 0.1) is 0 Å². The predicted octanol–water partition coefficient (Wildman–Crippen LogP) is 5.30. The Hall–Kier alpha value is -2.23. The molecule has 0 aliphatic rings. The highest BCUT2D eigenvalue weighted by molar-refractivity contribution is 6.42. The van der Waals surface area contributed by atoms with Gasteiger partial charge in [0.15, 0.2) is 0 Å². The van der Waals surface area contributed by atoms with Crippen molar-refractivity contribution in [1.82, 2.24) is 0 Å². The SMILES string of the molecule is Oc1ccc2ccccc2c1C=NNc1ccc(Cl)c(Cl)c1. The summed E-state index contributed by atoms with van der Waals surface area (Å²) in [6.45, 7) is 0. The molecule has 0 aliphatic heterocycles. The first kappa shape index (κ1) is 14.7. The molecule has 2 N–H and O–H groups in total. The van der Waals surface area contributed by atoms with Gasteiger partial charge < -0.3 is 5.11 Å². The third-order valence-electron chi connectivity index (χ3n) is 3.25. The Balaban J connectivity index is 1.89. The lowest BCUT2D eigenvalue weighted by Gasteiger charge is -2.05. The molecule has 0 radical (unpaired) electrons. The Bertz CT molecular complexity index is 862. The van der Waals surface area contributed by atoms with E-state index in [4.69, 9.17) is 23.2 Å². The number of nitrogens with zero attached hydrogens (tertiary/aromatic N) is 1. The van der Waals surface area contributed by atoms with Gasteiger partial charge in [-0.15, -0.1) is 0 Å². The zero-order chi connectivity index (χ0) is 15.5. The van der Waals surface area contributed by atoms with Crippen molar-refractivity contribution in [2.75, 3.05) is 5.43 Å². The molecule has 0 fully saturated rings. The summed E-state index contributed by atoms with van der Waals surface area (Å²) < 4.78 is 0. The zero-order valence-electron chi connectivity index (χ0n) is 11.4. The van der Waals surface area contributed by atoms with E-state index in [0.717, 1.165) is 10.8 Å². The Morgan fingerprint density at radius 3 is 2.59 bits per heavy atom. The number of phenolic OH excluding ortho intramolecular Hbond substituents is 1. The number of nitrogens with one attached hydrogen (secondary N) is 1. The van der Waals surface area contributed by atoms with E-state index < -0.39 is 0 Å². The van der Waals surface area contributed by atoms with E-state index in [1.807, 2.05) is 30.3 Å². The van der Waals surface area contributed by atoms with E-state index in [9.17, 15) is 5.11 Å². The smallest absolute Gasteiger partial charge is 0.125 e. The maximum absolute atomic E-state index is 10.0. The van der Waals surface area contributed by atoms with Gasteiger partial charge in [-0.05, 0) is 35.0 Å². The fourth-order valence-electron chi connectivity index (χ4n) is 2.16. The molecular weight excluding hydrogens is 319 g/mol. The molecule has 110 valence electrons. The van der Waals surface area contributed by atoms with Gasteiger partial charge >= 0.3 is 0 Å². The number of anilines is 1. The van der Waals surface area contributed by atoms with Crippen LogP contribution in [-0.4, -0.2) is 11.3 Å². The maximum atomic E-state index is 10.0. The first-order valence-corrected chi connectivity index (χ1v) is 7.35. The quantitative estimate of drug-likeness (QED) is 0.505. The fourth-order valence-corrected chi connectivity index (χ4v) is 2.45. The molecule has 0 saturated carbocycles. The predicted molar refractivity (Wildman–Crippen MR) is 93.3 cm³/mol. The standard InChI is InChI=1S/C17H12Cl2N2O/c18-15-7-6-12(9-16(15)19)21-20-10-14-13-4-2-1-3-11(13)5-8-17(14)22/h1-10,21-22H. The van der Waals surface area contributed by atoms with Crippen LogP contribution < -0.4 is 5.43 Å². The van der Waals surface area contributed by atoms with Gasteiger partial charge in [0.25, 0.3) is 0 Å². The molecule has 0 amide bonds. The van der Waals surface area contributed by atoms with E-state index in [-0.39, 0.29) is 5.75 Å². The highest BCUT2D eigenvalue weighted by Crippen LogP contribution is 2.26. The third kappa shape index (κ3) is 3.01. The summed E-state index contributed by atoms with van der Waals surface area (Å²) in [4.78, 5) is 0. The van der Waals surface area contributed by atoms with E-state index in [2.05, 4.69) is 10.5 Å². The number of hydrogen-bond donors (Lipinski definition) is 2. The van der Waals surface area contributed by atoms with Crippen molar-refractivity contribution < 1.29 is 5.11 Å². The number of benzene rings is 3. The molecule has 5 heteroatoms.